The van der Waals surface area contributed by atoms with Gasteiger partial charge in [0.2, 0.25) is 5.78 Å². The summed E-state index contributed by atoms with van der Waals surface area (Å²) in [4.78, 5) is 29.4. The molecule has 0 aliphatic carbocycles. The van der Waals surface area contributed by atoms with Crippen LogP contribution in [0.2, 0.25) is 0 Å². The molecule has 26 heavy (non-hydrogen) atoms. The van der Waals surface area contributed by atoms with Crippen LogP contribution in [-0.2, 0) is 0 Å². The van der Waals surface area contributed by atoms with Gasteiger partial charge in [0.25, 0.3) is 0 Å². The number of nitrogens with one attached hydrogen (secondary N) is 1. The zero-order chi connectivity index (χ0) is 18.4. The number of carbonyl (C=O) groups excluding carboxylic acids is 1. The molecular weight excluding hydrogens is 328 g/mol. The highest BCUT2D eigenvalue weighted by atomic mass is 16.5. The highest BCUT2D eigenvalue weighted by Crippen LogP contribution is 2.17. The van der Waals surface area contributed by atoms with Gasteiger partial charge in [-0.1, -0.05) is 54.6 Å². The van der Waals surface area contributed by atoms with Gasteiger partial charge in [0.1, 0.15) is 5.75 Å². The van der Waals surface area contributed by atoms with Crippen molar-refractivity contribution in [2.24, 2.45) is 0 Å². The summed E-state index contributed by atoms with van der Waals surface area (Å²) in [6.07, 6.45) is 4.61. The van der Waals surface area contributed by atoms with E-state index in [0.29, 0.717) is 5.75 Å². The Morgan fingerprint density at radius 2 is 1.65 bits per heavy atom. The van der Waals surface area contributed by atoms with Gasteiger partial charge >= 0.3 is 5.69 Å². The van der Waals surface area contributed by atoms with E-state index in [9.17, 15) is 9.59 Å². The predicted octanol–water partition coefficient (Wildman–Crippen LogP) is 3.59. The Morgan fingerprint density at radius 1 is 1.00 bits per heavy atom. The molecule has 3 rings (SSSR count). The van der Waals surface area contributed by atoms with Gasteiger partial charge in [0.15, 0.2) is 6.10 Å². The second kappa shape index (κ2) is 8.07. The van der Waals surface area contributed by atoms with Crippen LogP contribution in [0, 0.1) is 0 Å². The minimum Gasteiger partial charge on any atom is -0.483 e. The average molecular weight is 346 g/mol. The molecule has 1 unspecified atom stereocenters. The van der Waals surface area contributed by atoms with Crippen molar-refractivity contribution in [2.45, 2.75) is 13.0 Å². The zero-order valence-electron chi connectivity index (χ0n) is 14.3. The van der Waals surface area contributed by atoms with Crippen LogP contribution in [0.4, 0.5) is 0 Å². The number of H-pyrrole nitrogens is 1. The van der Waals surface area contributed by atoms with Crippen molar-refractivity contribution in [3.05, 3.63) is 94.2 Å². The van der Waals surface area contributed by atoms with Crippen LogP contribution in [0.3, 0.4) is 0 Å². The molecule has 0 saturated heterocycles. The Kier molecular flexibility index (Phi) is 5.39. The number of rotatable bonds is 6. The highest BCUT2D eigenvalue weighted by molar-refractivity contribution is 5.97. The number of aromatic nitrogens is 2. The normalized spacial score (nSPS) is 12.0. The maximum atomic E-state index is 12.3. The molecule has 0 aliphatic rings. The molecule has 2 aromatic carbocycles. The number of hydrogen-bond donors (Lipinski definition) is 1. The molecule has 1 N–H and O–H groups in total. The quantitative estimate of drug-likeness (QED) is 0.547. The standard InChI is InChI=1S/C21H18N2O3/c1-15(20(24)19-13-14-22-21(25)23-19)26-18-11-9-17(10-12-18)8-7-16-5-3-2-4-6-16/h2-15H,1H3,(H,22,23,25)/b8-7+. The lowest BCUT2D eigenvalue weighted by molar-refractivity contribution is 0.0812. The monoisotopic (exact) mass is 346 g/mol. The van der Waals surface area contributed by atoms with E-state index in [4.69, 9.17) is 4.74 Å². The number of ketones is 1. The lowest BCUT2D eigenvalue weighted by Crippen LogP contribution is -2.27. The number of Topliss-reactive ketones (excluding diaryl/α,β-unsaturated/α-hetero) is 1. The van der Waals surface area contributed by atoms with Crippen LogP contribution >= 0.6 is 0 Å². The summed E-state index contributed by atoms with van der Waals surface area (Å²) in [6, 6.07) is 18.9. The average Bonchev–Trinajstić information content (AvgIpc) is 2.67. The molecule has 0 saturated carbocycles. The largest absolute Gasteiger partial charge is 0.483 e. The predicted molar refractivity (Wildman–Crippen MR) is 101 cm³/mol. The Morgan fingerprint density at radius 3 is 2.31 bits per heavy atom. The molecular formula is C21H18N2O3. The second-order valence-electron chi connectivity index (χ2n) is 5.73. The van der Waals surface area contributed by atoms with Gasteiger partial charge < -0.3 is 9.72 Å². The van der Waals surface area contributed by atoms with Gasteiger partial charge in [-0.25, -0.2) is 9.78 Å². The van der Waals surface area contributed by atoms with Gasteiger partial charge in [-0.2, -0.15) is 0 Å². The molecule has 1 heterocycles. The van der Waals surface area contributed by atoms with Crippen LogP contribution in [0.5, 0.6) is 5.75 Å². The van der Waals surface area contributed by atoms with E-state index in [2.05, 4.69) is 9.97 Å². The summed E-state index contributed by atoms with van der Waals surface area (Å²) in [5, 5.41) is 0. The fourth-order valence-electron chi connectivity index (χ4n) is 2.40. The molecule has 0 bridgehead atoms. The summed E-state index contributed by atoms with van der Waals surface area (Å²) in [5.74, 6) is 0.275. The second-order valence-corrected chi connectivity index (χ2v) is 5.73. The third kappa shape index (κ3) is 4.54. The Balaban J connectivity index is 1.64. The van der Waals surface area contributed by atoms with E-state index in [1.54, 1.807) is 6.92 Å². The number of aromatic amines is 1. The third-order valence-corrected chi connectivity index (χ3v) is 3.77. The van der Waals surface area contributed by atoms with Crippen LogP contribution < -0.4 is 10.4 Å². The summed E-state index contributed by atoms with van der Waals surface area (Å²) in [5.41, 5.74) is 1.77. The van der Waals surface area contributed by atoms with E-state index in [-0.39, 0.29) is 11.5 Å². The van der Waals surface area contributed by atoms with Gasteiger partial charge in [0, 0.05) is 6.20 Å². The Labute approximate surface area is 151 Å². The summed E-state index contributed by atoms with van der Waals surface area (Å²) >= 11 is 0. The number of ether oxygens (including phenoxy) is 1. The van der Waals surface area contributed by atoms with Gasteiger partial charge in [-0.05, 0) is 36.2 Å². The summed E-state index contributed by atoms with van der Waals surface area (Å²) in [7, 11) is 0. The maximum Gasteiger partial charge on any atom is 0.345 e. The van der Waals surface area contributed by atoms with Gasteiger partial charge in [-0.3, -0.25) is 4.79 Å². The number of hydrogen-bond acceptors (Lipinski definition) is 4. The van der Waals surface area contributed by atoms with Crippen LogP contribution in [0.15, 0.2) is 71.7 Å². The molecule has 5 nitrogen and oxygen atoms in total. The first-order chi connectivity index (χ1) is 12.6. The highest BCUT2D eigenvalue weighted by Gasteiger charge is 2.17. The number of nitrogens with zero attached hydrogens (tertiary/aromatic N) is 1. The molecule has 0 amide bonds. The fourth-order valence-corrected chi connectivity index (χ4v) is 2.40. The number of benzene rings is 2. The molecule has 0 fully saturated rings. The van der Waals surface area contributed by atoms with E-state index in [1.807, 2.05) is 66.7 Å². The Hall–Kier alpha value is -3.47. The molecule has 3 aromatic rings. The SMILES string of the molecule is CC(Oc1ccc(/C=C/c2ccccc2)cc1)C(=O)c1ccnc(=O)[nH]1. The fraction of sp³-hybridized carbons (Fsp3) is 0.0952. The molecule has 5 heteroatoms. The van der Waals surface area contributed by atoms with Crippen molar-refractivity contribution >= 4 is 17.9 Å². The maximum absolute atomic E-state index is 12.3. The molecule has 0 aliphatic heterocycles. The van der Waals surface area contributed by atoms with Crippen molar-refractivity contribution in [1.82, 2.24) is 9.97 Å². The van der Waals surface area contributed by atoms with Crippen LogP contribution in [0.25, 0.3) is 12.2 Å². The first-order valence-corrected chi connectivity index (χ1v) is 8.21. The van der Waals surface area contributed by atoms with Crippen molar-refractivity contribution < 1.29 is 9.53 Å². The van der Waals surface area contributed by atoms with Crippen LogP contribution in [-0.4, -0.2) is 21.9 Å². The van der Waals surface area contributed by atoms with E-state index in [0.717, 1.165) is 11.1 Å². The summed E-state index contributed by atoms with van der Waals surface area (Å²) < 4.78 is 5.67. The minimum atomic E-state index is -0.723. The first-order valence-electron chi connectivity index (χ1n) is 8.21. The minimum absolute atomic E-state index is 0.180. The van der Waals surface area contributed by atoms with Crippen LogP contribution in [0.1, 0.15) is 28.5 Å². The van der Waals surface area contributed by atoms with E-state index >= 15 is 0 Å². The molecule has 1 atom stereocenters. The lowest BCUT2D eigenvalue weighted by atomic mass is 10.1. The van der Waals surface area contributed by atoms with Gasteiger partial charge in [-0.15, -0.1) is 0 Å². The number of carbonyl (C=O) groups is 1. The zero-order valence-corrected chi connectivity index (χ0v) is 14.3. The third-order valence-electron chi connectivity index (χ3n) is 3.77. The lowest BCUT2D eigenvalue weighted by Gasteiger charge is -2.13. The van der Waals surface area contributed by atoms with Gasteiger partial charge in [0.05, 0.1) is 5.69 Å². The van der Waals surface area contributed by atoms with Crippen molar-refractivity contribution in [3.8, 4) is 5.75 Å². The van der Waals surface area contributed by atoms with Crippen molar-refractivity contribution in [3.63, 3.8) is 0 Å². The molecule has 0 radical (unpaired) electrons. The van der Waals surface area contributed by atoms with Crippen molar-refractivity contribution in [1.29, 1.82) is 0 Å². The molecule has 1 aromatic heterocycles. The van der Waals surface area contributed by atoms with E-state index in [1.165, 1.54) is 12.3 Å². The Bertz CT molecular complexity index is 960. The smallest absolute Gasteiger partial charge is 0.345 e. The molecule has 130 valence electrons. The van der Waals surface area contributed by atoms with E-state index < -0.39 is 11.8 Å². The topological polar surface area (TPSA) is 72.0 Å². The summed E-state index contributed by atoms with van der Waals surface area (Å²) in [6.45, 7) is 1.64. The first kappa shape index (κ1) is 17.4. The van der Waals surface area contributed by atoms with Crippen molar-refractivity contribution in [2.75, 3.05) is 0 Å². The molecule has 0 spiro atoms.